The molecule has 0 radical (unpaired) electrons. The van der Waals surface area contributed by atoms with Crippen LogP contribution in [0.1, 0.15) is 181 Å². The fourth-order valence-electron chi connectivity index (χ4n) is 8.88. The largest absolute Gasteiger partial charge is 0.472 e. The summed E-state index contributed by atoms with van der Waals surface area (Å²) in [6, 6.07) is 0. The molecule has 13 atom stereocenters. The maximum absolute atomic E-state index is 13.8. The number of hydrogen-bond donors (Lipinski definition) is 10. The molecule has 0 aromatic rings. The normalized spacial score (nSPS) is 30.5. The summed E-state index contributed by atoms with van der Waals surface area (Å²) in [5.74, 6) is -5.59. The first-order chi connectivity index (χ1) is 34.7. The molecule has 1 aliphatic heterocycles. The zero-order chi connectivity index (χ0) is 54.2. The van der Waals surface area contributed by atoms with Gasteiger partial charge in [0.1, 0.15) is 36.8 Å². The van der Waals surface area contributed by atoms with Gasteiger partial charge in [-0.15, -0.1) is 0 Å². The highest BCUT2D eigenvalue weighted by atomic mass is 31.2. The van der Waals surface area contributed by atoms with Gasteiger partial charge in [0.25, 0.3) is 0 Å². The molecule has 0 amide bonds. The van der Waals surface area contributed by atoms with Crippen molar-refractivity contribution in [2.45, 2.75) is 242 Å². The van der Waals surface area contributed by atoms with Crippen LogP contribution in [-0.4, -0.2) is 142 Å². The van der Waals surface area contributed by atoms with Crippen molar-refractivity contribution >= 4 is 33.4 Å². The van der Waals surface area contributed by atoms with Gasteiger partial charge in [0, 0.05) is 43.9 Å². The molecule has 1 aliphatic carbocycles. The second kappa shape index (κ2) is 37.5. The van der Waals surface area contributed by atoms with Gasteiger partial charge >= 0.3 is 27.6 Å². The molecule has 73 heavy (non-hydrogen) atoms. The Morgan fingerprint density at radius 2 is 1.34 bits per heavy atom. The number of phosphoric ester groups is 2. The van der Waals surface area contributed by atoms with Gasteiger partial charge in [-0.1, -0.05) is 127 Å². The molecule has 1 saturated carbocycles. The molecule has 2 aliphatic rings. The van der Waals surface area contributed by atoms with E-state index in [4.69, 9.17) is 23.0 Å². The molecule has 2 rings (SSSR count). The smallest absolute Gasteiger partial charge is 0.462 e. The van der Waals surface area contributed by atoms with Crippen molar-refractivity contribution in [1.82, 2.24) is 0 Å². The number of esters is 2. The van der Waals surface area contributed by atoms with E-state index in [1.165, 1.54) is 19.3 Å². The fraction of sp³-hybridized carbons (Fsp3) is 0.824. The number of unbranched alkanes of at least 4 members (excludes halogenated alkanes) is 14. The van der Waals surface area contributed by atoms with Crippen LogP contribution in [0.3, 0.4) is 0 Å². The number of ether oxygens (including phenoxy) is 2. The molecule has 1 saturated heterocycles. The van der Waals surface area contributed by atoms with Crippen molar-refractivity contribution in [2.75, 3.05) is 13.2 Å². The van der Waals surface area contributed by atoms with Crippen LogP contribution in [0, 0.1) is 11.8 Å². The summed E-state index contributed by atoms with van der Waals surface area (Å²) in [7, 11) is -11.6. The third-order valence-corrected chi connectivity index (χ3v) is 14.7. The summed E-state index contributed by atoms with van der Waals surface area (Å²) in [4.78, 5) is 70.2. The number of carbonyl (C=O) groups excluding carboxylic acids is 3. The van der Waals surface area contributed by atoms with E-state index in [2.05, 4.69) is 31.2 Å². The maximum atomic E-state index is 13.8. The van der Waals surface area contributed by atoms with E-state index >= 15 is 0 Å². The Hall–Kier alpha value is -2.23. The molecule has 424 valence electrons. The fourth-order valence-corrected chi connectivity index (χ4v) is 10.4. The lowest BCUT2D eigenvalue weighted by molar-refractivity contribution is -0.166. The van der Waals surface area contributed by atoms with Gasteiger partial charge in [0.15, 0.2) is 6.10 Å². The van der Waals surface area contributed by atoms with Crippen molar-refractivity contribution in [3.8, 4) is 0 Å². The van der Waals surface area contributed by atoms with E-state index in [-0.39, 0.29) is 38.5 Å². The average molecular weight is 1090 g/mol. The highest BCUT2D eigenvalue weighted by Crippen LogP contribution is 2.50. The van der Waals surface area contributed by atoms with Crippen LogP contribution in [0.4, 0.5) is 0 Å². The first-order valence-corrected chi connectivity index (χ1v) is 29.7. The van der Waals surface area contributed by atoms with Crippen LogP contribution >= 0.6 is 15.6 Å². The quantitative estimate of drug-likeness (QED) is 0.0179. The monoisotopic (exact) mass is 1080 g/mol. The number of cyclic esters (lactones) is 1. The number of allylic oxidation sites excluding steroid dienone is 4. The first kappa shape index (κ1) is 66.9. The Bertz CT molecular complexity index is 1720. The lowest BCUT2D eigenvalue weighted by Crippen LogP contribution is -2.56. The highest BCUT2D eigenvalue weighted by molar-refractivity contribution is 7.47. The summed E-state index contributed by atoms with van der Waals surface area (Å²) >= 11 is 0. The number of hydrogen-bond acceptors (Lipinski definition) is 17. The lowest BCUT2D eigenvalue weighted by atomic mass is 9.82. The predicted octanol–water partition coefficient (Wildman–Crippen LogP) is 6.63. The highest BCUT2D eigenvalue weighted by Gasteiger charge is 2.52. The van der Waals surface area contributed by atoms with Crippen LogP contribution in [0.25, 0.3) is 0 Å². The number of ketones is 1. The van der Waals surface area contributed by atoms with E-state index in [0.29, 0.717) is 19.3 Å². The topological polar surface area (TPSA) is 334 Å². The Morgan fingerprint density at radius 1 is 0.753 bits per heavy atom. The minimum atomic E-state index is -5.82. The zero-order valence-corrected chi connectivity index (χ0v) is 44.9. The van der Waals surface area contributed by atoms with Crippen LogP contribution in [0.2, 0.25) is 0 Å². The van der Waals surface area contributed by atoms with Crippen LogP contribution in [0.15, 0.2) is 36.5 Å². The van der Waals surface area contributed by atoms with Crippen LogP contribution in [0.5, 0.6) is 0 Å². The number of fused-ring (bicyclic) bond motifs is 4. The van der Waals surface area contributed by atoms with Gasteiger partial charge in [0.2, 0.25) is 0 Å². The van der Waals surface area contributed by atoms with Gasteiger partial charge in [-0.05, 0) is 57.8 Å². The molecule has 0 spiro atoms. The SMILES string of the molecule is CCCCC/C=C\C/C=C\CCCCCCCCCCCC(=O)O[C@@H]1COC(=O)CCCCC(=O)C[C@@H]2[C@@H](O)[C@H](O)[C@@H](O)[C@H](OP(=O)(O)OC1)[C@H](OP(=O)(O)O)[C@H](O)[C@@H](/C=C/[C@@H](O)CCCCC)[C@H](O)C[C@@H]2O. The summed E-state index contributed by atoms with van der Waals surface area (Å²) in [6.45, 7) is 2.45. The van der Waals surface area contributed by atoms with Crippen molar-refractivity contribution in [2.24, 2.45) is 11.8 Å². The molecular weight excluding hydrogens is 994 g/mol. The second-order valence-electron chi connectivity index (χ2n) is 19.6. The Balaban J connectivity index is 2.25. The Kier molecular flexibility index (Phi) is 34.4. The van der Waals surface area contributed by atoms with E-state index in [1.807, 2.05) is 6.92 Å². The number of carbonyl (C=O) groups is 3. The van der Waals surface area contributed by atoms with E-state index in [0.717, 1.165) is 89.2 Å². The van der Waals surface area contributed by atoms with Crippen LogP contribution < -0.4 is 0 Å². The summed E-state index contributed by atoms with van der Waals surface area (Å²) in [5, 5.41) is 79.9. The molecular formula is C51H90O20P2. The molecule has 2 fully saturated rings. The summed E-state index contributed by atoms with van der Waals surface area (Å²) < 4.78 is 52.3. The van der Waals surface area contributed by atoms with Crippen molar-refractivity contribution in [3.63, 3.8) is 0 Å². The molecule has 1 unspecified atom stereocenters. The Morgan fingerprint density at radius 3 is 1.97 bits per heavy atom. The maximum Gasteiger partial charge on any atom is 0.472 e. The molecule has 22 heteroatoms. The van der Waals surface area contributed by atoms with Gasteiger partial charge < -0.3 is 59.9 Å². The number of aliphatic hydroxyl groups excluding tert-OH is 7. The number of aliphatic hydroxyl groups is 7. The van der Waals surface area contributed by atoms with Crippen molar-refractivity contribution < 1.29 is 97.0 Å². The zero-order valence-electron chi connectivity index (χ0n) is 43.1. The van der Waals surface area contributed by atoms with E-state index in [1.54, 1.807) is 0 Å². The minimum absolute atomic E-state index is 0.0609. The average Bonchev–Trinajstić information content (AvgIpc) is 3.33. The molecule has 10 N–H and O–H groups in total. The van der Waals surface area contributed by atoms with Gasteiger partial charge in [-0.3, -0.25) is 28.0 Å². The lowest BCUT2D eigenvalue weighted by Gasteiger charge is -2.38. The second-order valence-corrected chi connectivity index (χ2v) is 22.2. The van der Waals surface area contributed by atoms with E-state index < -0.39 is 132 Å². The molecule has 1 heterocycles. The third kappa shape index (κ3) is 29.2. The van der Waals surface area contributed by atoms with Crippen molar-refractivity contribution in [3.05, 3.63) is 36.5 Å². The first-order valence-electron chi connectivity index (χ1n) is 26.7. The van der Waals surface area contributed by atoms with Gasteiger partial charge in [-0.2, -0.15) is 0 Å². The van der Waals surface area contributed by atoms with E-state index in [9.17, 15) is 73.9 Å². The summed E-state index contributed by atoms with van der Waals surface area (Å²) in [6.07, 6.45) is 5.43. The van der Waals surface area contributed by atoms with Gasteiger partial charge in [-0.25, -0.2) is 9.13 Å². The Labute approximate surface area is 432 Å². The van der Waals surface area contributed by atoms with Crippen LogP contribution in [-0.2, 0) is 46.6 Å². The standard InChI is InChI=1S/C51H90O20P2/c1-3-5-7-8-9-10-11-12-13-14-15-16-17-18-19-20-21-22-24-30-45(57)69-39-35-67-44(56)29-26-25-28-38(53)33-41-43(55)34-42(54)40(32-31-37(52)27-23-6-4-2)47(59)50(70-72(62,63)64)51(49(61)48(60)46(41)58)71-73(65,66)68-36-39/h9-10,12-13,31-32,37,39-43,46-52,54-55,58-61H,3-8,11,14-30,33-36H2,1-2H3,(H,65,66)(H2,62,63,64)/b10-9-,13-12-,32-31+/t37-,39+,40-,41-,42+,43-,46+,47+,48-,49+,50+,51-/m0/s1. The minimum Gasteiger partial charge on any atom is -0.462 e. The molecule has 0 aromatic carbocycles. The number of Topliss-reactive ketones (excluding diaryl/α,β-unsaturated/α-hetero) is 1. The summed E-state index contributed by atoms with van der Waals surface area (Å²) in [5.41, 5.74) is 0. The third-order valence-electron chi connectivity index (χ3n) is 13.2. The molecule has 0 aromatic heterocycles. The van der Waals surface area contributed by atoms with Gasteiger partial charge in [0.05, 0.1) is 37.1 Å². The number of rotatable bonds is 27. The number of phosphoric acid groups is 2. The predicted molar refractivity (Wildman–Crippen MR) is 271 cm³/mol. The molecule has 20 nitrogen and oxygen atoms in total. The molecule has 2 bridgehead atoms. The van der Waals surface area contributed by atoms with Crippen molar-refractivity contribution in [1.29, 1.82) is 0 Å².